The predicted octanol–water partition coefficient (Wildman–Crippen LogP) is 2.21. The maximum absolute atomic E-state index is 8.06. The van der Waals surface area contributed by atoms with Crippen LogP contribution in [0.5, 0.6) is 0 Å². The molecule has 0 atom stereocenters. The summed E-state index contributed by atoms with van der Waals surface area (Å²) in [5.41, 5.74) is 0. The molecule has 5 heavy (non-hydrogen) atoms. The molecule has 0 rings (SSSR count). The first-order chi connectivity index (χ1) is 1.00. The summed E-state index contributed by atoms with van der Waals surface area (Å²) in [6.07, 6.45) is 0. The van der Waals surface area contributed by atoms with Gasteiger partial charge in [0.1, 0.15) is 9.12 Å². The molecule has 0 aromatic heterocycles. The molecule has 0 aliphatic carbocycles. The van der Waals surface area contributed by atoms with Crippen LogP contribution >= 0.6 is 60.1 Å². The Bertz CT molecular complexity index is 6.85. The molecule has 0 unspecified atom stereocenters. The molecular weight excluding hydrogens is 287 g/mol. The minimum atomic E-state index is 0. The third-order valence-electron chi connectivity index (χ3n) is 0. The molecule has 0 aliphatic heterocycles. The van der Waals surface area contributed by atoms with Gasteiger partial charge in [-0.05, 0) is 0 Å². The third kappa shape index (κ3) is 29.3. The highest BCUT2D eigenvalue weighted by Crippen LogP contribution is 1.23. The number of hydrogen-bond acceptors (Lipinski definition) is 1. The summed E-state index contributed by atoms with van der Waals surface area (Å²) in [5.74, 6) is 0. The first-order valence-corrected chi connectivity index (χ1v) is 0.612. The number of halogens is 3. The molecule has 0 aromatic carbocycles. The molecule has 0 saturated carbocycles. The average molecular weight is 291 g/mol. The fourth-order valence-electron chi connectivity index (χ4n) is 0. The lowest BCUT2D eigenvalue weighted by Crippen LogP contribution is -0.489. The second kappa shape index (κ2) is 48.1. The summed E-state index contributed by atoms with van der Waals surface area (Å²) < 4.78 is 8.06. The SMILES string of the molecule is Br.Br.Br.O=P. The van der Waals surface area contributed by atoms with Crippen molar-refractivity contribution in [2.45, 2.75) is 0 Å². The fraction of sp³-hybridized carbons (Fsp3) is 0. The molecule has 0 radical (unpaired) electrons. The molecule has 0 fully saturated rings. The van der Waals surface area contributed by atoms with Gasteiger partial charge in [0.25, 0.3) is 0 Å². The van der Waals surface area contributed by atoms with E-state index >= 15 is 0 Å². The first kappa shape index (κ1) is 31.1. The molecular formula is H4Br3OP. The van der Waals surface area contributed by atoms with Crippen LogP contribution in [0.3, 0.4) is 0 Å². The zero-order valence-corrected chi connectivity index (χ0v) is 8.27. The van der Waals surface area contributed by atoms with Crippen LogP contribution in [0.4, 0.5) is 0 Å². The largest absolute Gasteiger partial charge is 0.279 e. The van der Waals surface area contributed by atoms with E-state index in [1.807, 2.05) is 0 Å². The van der Waals surface area contributed by atoms with Gasteiger partial charge in [-0.2, -0.15) is 0 Å². The topological polar surface area (TPSA) is 17.1 Å². The lowest BCUT2D eigenvalue weighted by molar-refractivity contribution is 0.607. The summed E-state index contributed by atoms with van der Waals surface area (Å²) in [6, 6.07) is 0. The molecule has 0 aromatic rings. The van der Waals surface area contributed by atoms with Crippen LogP contribution in [0, 0.1) is 0 Å². The van der Waals surface area contributed by atoms with E-state index in [9.17, 15) is 0 Å². The number of rotatable bonds is 0. The Balaban J connectivity index is -0.00000000167. The molecule has 0 bridgehead atoms. The Morgan fingerprint density at radius 1 is 0.800 bits per heavy atom. The molecule has 0 aliphatic rings. The summed E-state index contributed by atoms with van der Waals surface area (Å²) in [7, 11) is 1.72. The second-order valence-electron chi connectivity index (χ2n) is 0. The van der Waals surface area contributed by atoms with Gasteiger partial charge >= 0.3 is 0 Å². The molecule has 5 heteroatoms. The smallest absolute Gasteiger partial charge is 0.138 e. The van der Waals surface area contributed by atoms with Gasteiger partial charge in [-0.3, -0.25) is 4.57 Å². The van der Waals surface area contributed by atoms with Gasteiger partial charge in [-0.25, -0.2) is 0 Å². The third-order valence-corrected chi connectivity index (χ3v) is 0. The lowest BCUT2D eigenvalue weighted by atomic mass is 16.0. The van der Waals surface area contributed by atoms with Gasteiger partial charge in [-0.15, -0.1) is 50.9 Å². The van der Waals surface area contributed by atoms with Crippen molar-refractivity contribution in [2.75, 3.05) is 0 Å². The van der Waals surface area contributed by atoms with E-state index in [4.69, 9.17) is 4.57 Å². The van der Waals surface area contributed by atoms with Gasteiger partial charge in [0, 0.05) is 0 Å². The van der Waals surface area contributed by atoms with Gasteiger partial charge in [-0.1, -0.05) is 0 Å². The van der Waals surface area contributed by atoms with Gasteiger partial charge in [0.05, 0.1) is 0 Å². The van der Waals surface area contributed by atoms with Crippen molar-refractivity contribution in [3.8, 4) is 0 Å². The first-order valence-electron chi connectivity index (χ1n) is 0.204. The van der Waals surface area contributed by atoms with Crippen LogP contribution in [-0.4, -0.2) is 0 Å². The molecule has 36 valence electrons. The van der Waals surface area contributed by atoms with Crippen molar-refractivity contribution in [2.24, 2.45) is 0 Å². The van der Waals surface area contributed by atoms with Crippen molar-refractivity contribution in [1.82, 2.24) is 0 Å². The highest BCUT2D eigenvalue weighted by atomic mass is 79.9. The molecule has 1 nitrogen and oxygen atoms in total. The maximum atomic E-state index is 8.06. The van der Waals surface area contributed by atoms with E-state index in [1.54, 1.807) is 9.12 Å². The number of hydrogen-bond donors (Lipinski definition) is 0. The normalized spacial score (nSPS) is 0.800. The van der Waals surface area contributed by atoms with E-state index in [2.05, 4.69) is 0 Å². The molecule has 0 heterocycles. The van der Waals surface area contributed by atoms with E-state index in [1.165, 1.54) is 0 Å². The highest BCUT2D eigenvalue weighted by molar-refractivity contribution is 8.93. The van der Waals surface area contributed by atoms with Gasteiger partial charge in [0.2, 0.25) is 0 Å². The Kier molecular flexibility index (Phi) is 300. The summed E-state index contributed by atoms with van der Waals surface area (Å²) >= 11 is 0. The molecule has 0 spiro atoms. The van der Waals surface area contributed by atoms with Crippen LogP contribution < -0.4 is 0 Å². The van der Waals surface area contributed by atoms with E-state index in [0.717, 1.165) is 0 Å². The summed E-state index contributed by atoms with van der Waals surface area (Å²) in [4.78, 5) is 0. The summed E-state index contributed by atoms with van der Waals surface area (Å²) in [5, 5.41) is 0. The summed E-state index contributed by atoms with van der Waals surface area (Å²) in [6.45, 7) is 0. The Hall–Kier alpha value is 1.54. The van der Waals surface area contributed by atoms with Crippen LogP contribution in [0.25, 0.3) is 0 Å². The van der Waals surface area contributed by atoms with Crippen molar-refractivity contribution in [1.29, 1.82) is 0 Å². The molecule has 0 N–H and O–H groups in total. The fourth-order valence-corrected chi connectivity index (χ4v) is 0. The van der Waals surface area contributed by atoms with Crippen molar-refractivity contribution in [3.63, 3.8) is 0 Å². The lowest BCUT2D eigenvalue weighted by Gasteiger charge is -0.807. The maximum Gasteiger partial charge on any atom is 0.138 e. The van der Waals surface area contributed by atoms with E-state index in [-0.39, 0.29) is 50.9 Å². The van der Waals surface area contributed by atoms with Gasteiger partial charge < -0.3 is 0 Å². The Labute approximate surface area is 64.4 Å². The van der Waals surface area contributed by atoms with E-state index in [0.29, 0.717) is 0 Å². The van der Waals surface area contributed by atoms with Crippen molar-refractivity contribution in [3.05, 3.63) is 0 Å². The van der Waals surface area contributed by atoms with E-state index < -0.39 is 0 Å². The minimum Gasteiger partial charge on any atom is -0.279 e. The van der Waals surface area contributed by atoms with Crippen LogP contribution in [0.1, 0.15) is 0 Å². The predicted molar refractivity (Wildman–Crippen MR) is 40.0 cm³/mol. The monoisotopic (exact) mass is 288 g/mol. The Morgan fingerprint density at radius 2 is 0.800 bits per heavy atom. The average Bonchev–Trinajstić information content (AvgIpc) is 1.00. The quantitative estimate of drug-likeness (QED) is 0.625. The van der Waals surface area contributed by atoms with Crippen LogP contribution in [0.15, 0.2) is 0 Å². The highest BCUT2D eigenvalue weighted by Gasteiger charge is 0.667. The minimum absolute atomic E-state index is 0. The van der Waals surface area contributed by atoms with Crippen LogP contribution in [-0.2, 0) is 4.57 Å². The second-order valence-corrected chi connectivity index (χ2v) is 0. The standard InChI is InChI=1S/3BrH.HOP/c;;;1-2/h3*1H;2H. The van der Waals surface area contributed by atoms with Crippen LogP contribution in [0.2, 0.25) is 0 Å². The van der Waals surface area contributed by atoms with Crippen molar-refractivity contribution >= 4 is 60.1 Å². The Morgan fingerprint density at radius 3 is 0.800 bits per heavy atom. The van der Waals surface area contributed by atoms with Crippen molar-refractivity contribution < 1.29 is 4.57 Å². The van der Waals surface area contributed by atoms with Gasteiger partial charge in [0.15, 0.2) is 0 Å². The zero-order chi connectivity index (χ0) is 2.00. The molecule has 0 amide bonds. The zero-order valence-electron chi connectivity index (χ0n) is 2.13. The molecule has 0 saturated heterocycles.